The molecule has 32 heavy (non-hydrogen) atoms. The molecule has 1 amide bonds. The number of benzene rings is 1. The largest absolute Gasteiger partial charge is 0.383 e. The van der Waals surface area contributed by atoms with E-state index in [4.69, 9.17) is 21.4 Å². The van der Waals surface area contributed by atoms with Crippen molar-refractivity contribution in [2.24, 2.45) is 18.9 Å². The van der Waals surface area contributed by atoms with Crippen molar-refractivity contribution in [3.63, 3.8) is 0 Å². The summed E-state index contributed by atoms with van der Waals surface area (Å²) in [7, 11) is -1.95. The summed E-state index contributed by atoms with van der Waals surface area (Å²) in [6.45, 7) is 0. The normalized spacial score (nSPS) is 27.7. The molecule has 2 atom stereocenters. The molecule has 0 aliphatic heterocycles. The second-order valence-electron chi connectivity index (χ2n) is 8.63. The van der Waals surface area contributed by atoms with E-state index in [0.29, 0.717) is 29.9 Å². The fourth-order valence-electron chi connectivity index (χ4n) is 5.11. The van der Waals surface area contributed by atoms with Gasteiger partial charge in [-0.2, -0.15) is 8.78 Å². The molecule has 1 aromatic heterocycles. The van der Waals surface area contributed by atoms with E-state index >= 15 is 0 Å². The number of hydrogen-bond acceptors (Lipinski definition) is 5. The minimum absolute atomic E-state index is 0.129. The second kappa shape index (κ2) is 8.25. The number of rotatable bonds is 5. The number of anilines is 1. The average molecular weight is 492 g/mol. The lowest BCUT2D eigenvalue weighted by atomic mass is 9.92. The maximum absolute atomic E-state index is 14.2. The zero-order valence-electron chi connectivity index (χ0n) is 17.0. The number of nitrogens with zero attached hydrogens (tertiary/aromatic N) is 2. The van der Waals surface area contributed by atoms with Gasteiger partial charge in [0.1, 0.15) is 17.1 Å². The summed E-state index contributed by atoms with van der Waals surface area (Å²) in [6, 6.07) is 3.82. The highest BCUT2D eigenvalue weighted by molar-refractivity contribution is 7.46. The van der Waals surface area contributed by atoms with Gasteiger partial charge in [-0.1, -0.05) is 11.6 Å². The standard InChI is InChI=1S/C20H22ClF3N3O4P/c1-27-9-25-16(17(27)18(28)26-13-2-3-15(22)14(21)6-13)10-4-11-7-19(29,8-12(11)5-10)20(23,24)32(30)31/h2-3,6,9-12,29-31H,4-5,7-8H2,1H3,(H,26,28). The third-order valence-corrected chi connectivity index (χ3v) is 7.80. The van der Waals surface area contributed by atoms with Gasteiger partial charge < -0.3 is 24.8 Å². The van der Waals surface area contributed by atoms with Gasteiger partial charge >= 0.3 is 5.66 Å². The molecule has 0 radical (unpaired) electrons. The predicted octanol–water partition coefficient (Wildman–Crippen LogP) is 3.99. The molecule has 2 aromatic rings. The third-order valence-electron chi connectivity index (χ3n) is 6.60. The van der Waals surface area contributed by atoms with Crippen LogP contribution in [0.2, 0.25) is 5.02 Å². The summed E-state index contributed by atoms with van der Waals surface area (Å²) < 4.78 is 43.3. The van der Waals surface area contributed by atoms with Crippen molar-refractivity contribution in [3.05, 3.63) is 46.8 Å². The van der Waals surface area contributed by atoms with E-state index < -0.39 is 31.4 Å². The lowest BCUT2D eigenvalue weighted by Crippen LogP contribution is -2.45. The van der Waals surface area contributed by atoms with E-state index in [1.54, 1.807) is 11.6 Å². The molecule has 0 saturated heterocycles. The first-order valence-electron chi connectivity index (χ1n) is 9.98. The van der Waals surface area contributed by atoms with Crippen molar-refractivity contribution < 1.29 is 32.9 Å². The van der Waals surface area contributed by atoms with Crippen LogP contribution in [0.1, 0.15) is 47.8 Å². The van der Waals surface area contributed by atoms with E-state index in [-0.39, 0.29) is 35.6 Å². The predicted molar refractivity (Wildman–Crippen MR) is 112 cm³/mol. The smallest absolute Gasteiger partial charge is 0.342 e. The van der Waals surface area contributed by atoms with Gasteiger partial charge in [0.15, 0.2) is 0 Å². The van der Waals surface area contributed by atoms with Gasteiger partial charge in [0.05, 0.1) is 17.0 Å². The number of amides is 1. The molecule has 2 aliphatic rings. The fourth-order valence-corrected chi connectivity index (χ4v) is 5.84. The Morgan fingerprint density at radius 1 is 1.31 bits per heavy atom. The molecular formula is C20H22ClF3N3O4P. The summed E-state index contributed by atoms with van der Waals surface area (Å²) in [5.41, 5.74) is -5.28. The number of fused-ring (bicyclic) bond motifs is 1. The number of halogens is 4. The first-order valence-corrected chi connectivity index (χ1v) is 11.6. The monoisotopic (exact) mass is 491 g/mol. The number of nitrogens with one attached hydrogen (secondary N) is 1. The Bertz CT molecular complexity index is 1040. The molecule has 1 heterocycles. The van der Waals surface area contributed by atoms with Crippen LogP contribution in [0.3, 0.4) is 0 Å². The minimum atomic E-state index is -3.96. The van der Waals surface area contributed by atoms with Gasteiger partial charge in [0.2, 0.25) is 8.38 Å². The maximum Gasteiger partial charge on any atom is 0.342 e. The van der Waals surface area contributed by atoms with Crippen molar-refractivity contribution >= 4 is 31.6 Å². The molecule has 0 bridgehead atoms. The van der Waals surface area contributed by atoms with Crippen LogP contribution in [0.15, 0.2) is 24.5 Å². The molecule has 12 heteroatoms. The van der Waals surface area contributed by atoms with Gasteiger partial charge in [-0.05, 0) is 55.7 Å². The van der Waals surface area contributed by atoms with Crippen LogP contribution in [-0.2, 0) is 7.05 Å². The van der Waals surface area contributed by atoms with Gasteiger partial charge in [0, 0.05) is 18.7 Å². The molecule has 4 rings (SSSR count). The number of aromatic nitrogens is 2. The Balaban J connectivity index is 1.50. The zero-order chi connectivity index (χ0) is 23.4. The van der Waals surface area contributed by atoms with Crippen molar-refractivity contribution in [3.8, 4) is 0 Å². The summed E-state index contributed by atoms with van der Waals surface area (Å²) in [6.07, 6.45) is 1.88. The van der Waals surface area contributed by atoms with E-state index in [1.165, 1.54) is 18.5 Å². The Morgan fingerprint density at radius 2 is 1.94 bits per heavy atom. The van der Waals surface area contributed by atoms with Crippen molar-refractivity contribution in [1.82, 2.24) is 9.55 Å². The minimum Gasteiger partial charge on any atom is -0.383 e. The first kappa shape index (κ1) is 23.4. The van der Waals surface area contributed by atoms with Gasteiger partial charge in [-0.25, -0.2) is 9.37 Å². The third kappa shape index (κ3) is 3.92. The second-order valence-corrected chi connectivity index (χ2v) is 10.2. The zero-order valence-corrected chi connectivity index (χ0v) is 18.6. The number of alkyl halides is 2. The highest BCUT2D eigenvalue weighted by Gasteiger charge is 2.64. The topological polar surface area (TPSA) is 108 Å². The van der Waals surface area contributed by atoms with Crippen LogP contribution >= 0.6 is 20.0 Å². The van der Waals surface area contributed by atoms with Crippen LogP contribution in [0.25, 0.3) is 0 Å². The van der Waals surface area contributed by atoms with E-state index in [0.717, 1.165) is 6.07 Å². The highest BCUT2D eigenvalue weighted by atomic mass is 35.5. The Hall–Kier alpha value is -1.71. The van der Waals surface area contributed by atoms with Crippen LogP contribution in [0, 0.1) is 17.7 Å². The number of imidazole rings is 1. The van der Waals surface area contributed by atoms with E-state index in [9.17, 15) is 23.1 Å². The van der Waals surface area contributed by atoms with Crippen molar-refractivity contribution in [2.75, 3.05) is 5.32 Å². The van der Waals surface area contributed by atoms with Gasteiger partial charge in [-0.15, -0.1) is 0 Å². The lowest BCUT2D eigenvalue weighted by Gasteiger charge is -2.33. The molecule has 2 unspecified atom stereocenters. The number of aryl methyl sites for hydroxylation is 1. The summed E-state index contributed by atoms with van der Waals surface area (Å²) >= 11 is 5.77. The number of aliphatic hydroxyl groups is 1. The van der Waals surface area contributed by atoms with Crippen molar-refractivity contribution in [1.29, 1.82) is 0 Å². The van der Waals surface area contributed by atoms with E-state index in [1.807, 2.05) is 0 Å². The maximum atomic E-state index is 14.2. The highest BCUT2D eigenvalue weighted by Crippen LogP contribution is 2.63. The molecule has 4 N–H and O–H groups in total. The molecule has 1 aromatic carbocycles. The molecule has 2 aliphatic carbocycles. The lowest BCUT2D eigenvalue weighted by molar-refractivity contribution is -0.132. The summed E-state index contributed by atoms with van der Waals surface area (Å²) in [4.78, 5) is 35.4. The molecule has 2 fully saturated rings. The van der Waals surface area contributed by atoms with Crippen LogP contribution < -0.4 is 5.32 Å². The first-order chi connectivity index (χ1) is 14.9. The molecule has 0 spiro atoms. The average Bonchev–Trinajstić information content (AvgIpc) is 3.35. The SMILES string of the molecule is Cn1cnc(C2CC3CC(O)(C(F)(F)P(O)O)CC3C2)c1C(=O)Nc1ccc(F)c(Cl)c1. The quantitative estimate of drug-likeness (QED) is 0.473. The van der Waals surface area contributed by atoms with Gasteiger partial charge in [0.25, 0.3) is 5.91 Å². The van der Waals surface area contributed by atoms with Crippen molar-refractivity contribution in [2.45, 2.75) is 42.9 Å². The Labute approximate surface area is 188 Å². The van der Waals surface area contributed by atoms with Gasteiger partial charge in [-0.3, -0.25) is 4.79 Å². The molecular weight excluding hydrogens is 470 g/mol. The van der Waals surface area contributed by atoms with Crippen LogP contribution in [-0.4, -0.2) is 41.6 Å². The molecule has 174 valence electrons. The number of carbonyl (C=O) groups is 1. The molecule has 7 nitrogen and oxygen atoms in total. The van der Waals surface area contributed by atoms with Crippen LogP contribution in [0.5, 0.6) is 0 Å². The fraction of sp³-hybridized carbons (Fsp3) is 0.500. The summed E-state index contributed by atoms with van der Waals surface area (Å²) in [5.74, 6) is -1.75. The number of carbonyl (C=O) groups excluding carboxylic acids is 1. The number of hydrogen-bond donors (Lipinski definition) is 4. The Kier molecular flexibility index (Phi) is 6.05. The van der Waals surface area contributed by atoms with E-state index in [2.05, 4.69) is 10.3 Å². The molecule has 2 saturated carbocycles. The summed E-state index contributed by atoms with van der Waals surface area (Å²) in [5, 5.41) is 13.0. The Morgan fingerprint density at radius 3 is 2.50 bits per heavy atom. The van der Waals surface area contributed by atoms with Crippen LogP contribution in [0.4, 0.5) is 18.9 Å².